The summed E-state index contributed by atoms with van der Waals surface area (Å²) in [5.74, 6) is -0.352. The molecule has 0 amide bonds. The van der Waals surface area contributed by atoms with Crippen molar-refractivity contribution in [1.29, 1.82) is 0 Å². The zero-order valence-corrected chi connectivity index (χ0v) is 15.5. The minimum atomic E-state index is -0.182. The maximum atomic E-state index is 13.0. The zero-order chi connectivity index (χ0) is 17.8. The molecular formula is C20H19BrN2O2. The van der Waals surface area contributed by atoms with Gasteiger partial charge in [0.05, 0.1) is 0 Å². The Morgan fingerprint density at radius 3 is 2.40 bits per heavy atom. The zero-order valence-electron chi connectivity index (χ0n) is 13.9. The Hall–Kier alpha value is -2.40. The van der Waals surface area contributed by atoms with Crippen LogP contribution in [0.25, 0.3) is 0 Å². The van der Waals surface area contributed by atoms with E-state index in [1.54, 1.807) is 18.2 Å². The molecular weight excluding hydrogens is 380 g/mol. The summed E-state index contributed by atoms with van der Waals surface area (Å²) in [6.45, 7) is 2.73. The molecule has 5 heteroatoms. The molecule has 0 spiro atoms. The van der Waals surface area contributed by atoms with Gasteiger partial charge in [0.2, 0.25) is 11.6 Å². The van der Waals surface area contributed by atoms with Gasteiger partial charge in [0.15, 0.2) is 0 Å². The molecule has 0 fully saturated rings. The molecule has 0 heterocycles. The summed E-state index contributed by atoms with van der Waals surface area (Å²) in [5, 5.41) is 6.30. The van der Waals surface area contributed by atoms with Crippen LogP contribution in [0, 0.1) is 0 Å². The van der Waals surface area contributed by atoms with Gasteiger partial charge >= 0.3 is 0 Å². The lowest BCUT2D eigenvalue weighted by atomic mass is 9.90. The minimum absolute atomic E-state index is 0.170. The van der Waals surface area contributed by atoms with Crippen molar-refractivity contribution in [2.45, 2.75) is 19.8 Å². The van der Waals surface area contributed by atoms with Crippen LogP contribution >= 0.6 is 15.9 Å². The van der Waals surface area contributed by atoms with E-state index in [2.05, 4.69) is 33.5 Å². The maximum Gasteiger partial charge on any atom is 0.213 e. The number of ketones is 2. The number of carbonyl (C=O) groups is 2. The van der Waals surface area contributed by atoms with Gasteiger partial charge in [-0.15, -0.1) is 0 Å². The number of hydrogen-bond donors (Lipinski definition) is 2. The van der Waals surface area contributed by atoms with E-state index in [9.17, 15) is 9.59 Å². The third-order valence-electron chi connectivity index (χ3n) is 4.06. The second kappa shape index (κ2) is 7.66. The molecule has 2 aromatic carbocycles. The van der Waals surface area contributed by atoms with Crippen LogP contribution in [0.1, 0.15) is 40.5 Å². The largest absolute Gasteiger partial charge is 0.380 e. The lowest BCUT2D eigenvalue weighted by Crippen LogP contribution is -2.34. The van der Waals surface area contributed by atoms with Crippen LogP contribution in [0.5, 0.6) is 0 Å². The monoisotopic (exact) mass is 398 g/mol. The number of fused-ring (bicyclic) bond motifs is 1. The molecule has 0 saturated carbocycles. The van der Waals surface area contributed by atoms with E-state index in [1.165, 1.54) is 0 Å². The first-order valence-corrected chi connectivity index (χ1v) is 9.11. The molecule has 3 rings (SSSR count). The fourth-order valence-electron chi connectivity index (χ4n) is 2.77. The first-order chi connectivity index (χ1) is 12.1. The van der Waals surface area contributed by atoms with Crippen molar-refractivity contribution in [2.75, 3.05) is 11.9 Å². The molecule has 128 valence electrons. The highest BCUT2D eigenvalue weighted by molar-refractivity contribution is 9.10. The number of nitrogens with one attached hydrogen (secondary N) is 2. The summed E-state index contributed by atoms with van der Waals surface area (Å²) in [7, 11) is 0. The molecule has 0 aliphatic heterocycles. The Labute approximate surface area is 155 Å². The second-order valence-corrected chi connectivity index (χ2v) is 6.70. The van der Waals surface area contributed by atoms with Gasteiger partial charge < -0.3 is 10.6 Å². The Kier molecular flexibility index (Phi) is 5.34. The van der Waals surface area contributed by atoms with Gasteiger partial charge in [-0.1, -0.05) is 59.6 Å². The number of anilines is 1. The van der Waals surface area contributed by atoms with Crippen LogP contribution in [0.3, 0.4) is 0 Å². The summed E-state index contributed by atoms with van der Waals surface area (Å²) in [6, 6.07) is 14.6. The average Bonchev–Trinajstić information content (AvgIpc) is 2.62. The summed E-state index contributed by atoms with van der Waals surface area (Å²) >= 11 is 3.40. The van der Waals surface area contributed by atoms with Gasteiger partial charge in [-0.3, -0.25) is 9.59 Å². The van der Waals surface area contributed by atoms with Crippen molar-refractivity contribution in [3.05, 3.63) is 75.5 Å². The van der Waals surface area contributed by atoms with E-state index in [-0.39, 0.29) is 11.6 Å². The normalized spacial score (nSPS) is 13.7. The SMILES string of the molecule is CCCCNC1=C(Nc2ccccc2)C(=O)c2cccc(Br)c2C1=O. The van der Waals surface area contributed by atoms with Crippen molar-refractivity contribution >= 4 is 33.2 Å². The molecule has 0 atom stereocenters. The van der Waals surface area contributed by atoms with Crippen LogP contribution < -0.4 is 10.6 Å². The third kappa shape index (κ3) is 3.51. The van der Waals surface area contributed by atoms with Gasteiger partial charge in [0, 0.05) is 27.8 Å². The maximum absolute atomic E-state index is 13.0. The molecule has 2 aromatic rings. The number of carbonyl (C=O) groups excluding carboxylic acids is 2. The van der Waals surface area contributed by atoms with Crippen LogP contribution in [0.15, 0.2) is 64.4 Å². The van der Waals surface area contributed by atoms with Crippen molar-refractivity contribution in [3.8, 4) is 0 Å². The Morgan fingerprint density at radius 1 is 0.920 bits per heavy atom. The molecule has 0 radical (unpaired) electrons. The van der Waals surface area contributed by atoms with E-state index in [1.807, 2.05) is 30.3 Å². The lowest BCUT2D eigenvalue weighted by molar-refractivity contribution is 0.0969. The van der Waals surface area contributed by atoms with Crippen LogP contribution in [0.2, 0.25) is 0 Å². The van der Waals surface area contributed by atoms with Gasteiger partial charge in [-0.05, 0) is 24.6 Å². The lowest BCUT2D eigenvalue weighted by Gasteiger charge is -2.23. The van der Waals surface area contributed by atoms with E-state index >= 15 is 0 Å². The number of allylic oxidation sites excluding steroid dienone is 2. The molecule has 1 aliphatic carbocycles. The van der Waals surface area contributed by atoms with Crippen molar-refractivity contribution < 1.29 is 9.59 Å². The summed E-state index contributed by atoms with van der Waals surface area (Å²) in [4.78, 5) is 26.1. The first-order valence-electron chi connectivity index (χ1n) is 8.31. The smallest absolute Gasteiger partial charge is 0.213 e. The minimum Gasteiger partial charge on any atom is -0.380 e. The van der Waals surface area contributed by atoms with Crippen molar-refractivity contribution in [2.24, 2.45) is 0 Å². The predicted octanol–water partition coefficient (Wildman–Crippen LogP) is 4.54. The number of hydrogen-bond acceptors (Lipinski definition) is 4. The van der Waals surface area contributed by atoms with Crippen LogP contribution in [-0.4, -0.2) is 18.1 Å². The summed E-state index contributed by atoms with van der Waals surface area (Å²) < 4.78 is 0.636. The highest BCUT2D eigenvalue weighted by Crippen LogP contribution is 2.31. The van der Waals surface area contributed by atoms with Crippen molar-refractivity contribution in [1.82, 2.24) is 5.32 Å². The highest BCUT2D eigenvalue weighted by atomic mass is 79.9. The van der Waals surface area contributed by atoms with E-state index in [4.69, 9.17) is 0 Å². The molecule has 25 heavy (non-hydrogen) atoms. The van der Waals surface area contributed by atoms with E-state index in [0.29, 0.717) is 33.5 Å². The average molecular weight is 399 g/mol. The number of benzene rings is 2. The summed E-state index contributed by atoms with van der Waals surface area (Å²) in [6.07, 6.45) is 1.93. The van der Waals surface area contributed by atoms with Gasteiger partial charge in [0.25, 0.3) is 0 Å². The molecule has 0 aromatic heterocycles. The Balaban J connectivity index is 2.05. The molecule has 0 unspecified atom stereocenters. The summed E-state index contributed by atoms with van der Waals surface area (Å²) in [5.41, 5.74) is 2.25. The van der Waals surface area contributed by atoms with Crippen molar-refractivity contribution in [3.63, 3.8) is 0 Å². The number of Topliss-reactive ketones (excluding diaryl/α,β-unsaturated/α-hetero) is 2. The fraction of sp³-hybridized carbons (Fsp3) is 0.200. The standard InChI is InChI=1S/C20H19BrN2O2/c1-2-3-12-22-17-18(23-13-8-5-4-6-9-13)19(24)14-10-7-11-15(21)16(14)20(17)25/h4-11,22-23H,2-3,12H2,1H3. The van der Waals surface area contributed by atoms with Crippen LogP contribution in [0.4, 0.5) is 5.69 Å². The van der Waals surface area contributed by atoms with Gasteiger partial charge in [-0.25, -0.2) is 0 Å². The highest BCUT2D eigenvalue weighted by Gasteiger charge is 2.33. The molecule has 0 saturated heterocycles. The molecule has 4 nitrogen and oxygen atoms in total. The van der Waals surface area contributed by atoms with Gasteiger partial charge in [-0.2, -0.15) is 0 Å². The fourth-order valence-corrected chi connectivity index (χ4v) is 3.32. The van der Waals surface area contributed by atoms with E-state index in [0.717, 1.165) is 18.5 Å². The quantitative estimate of drug-likeness (QED) is 0.701. The predicted molar refractivity (Wildman–Crippen MR) is 103 cm³/mol. The number of rotatable bonds is 6. The molecule has 2 N–H and O–H groups in total. The van der Waals surface area contributed by atoms with Gasteiger partial charge in [0.1, 0.15) is 11.4 Å². The number of para-hydroxylation sites is 1. The number of unbranched alkanes of at least 4 members (excludes halogenated alkanes) is 1. The molecule has 1 aliphatic rings. The first kappa shape index (κ1) is 17.4. The van der Waals surface area contributed by atoms with Crippen LogP contribution in [-0.2, 0) is 0 Å². The number of halogens is 1. The second-order valence-electron chi connectivity index (χ2n) is 5.84. The topological polar surface area (TPSA) is 58.2 Å². The van der Waals surface area contributed by atoms with E-state index < -0.39 is 0 Å². The Bertz CT molecular complexity index is 844. The molecule has 0 bridgehead atoms. The third-order valence-corrected chi connectivity index (χ3v) is 4.73. The Morgan fingerprint density at radius 2 is 1.68 bits per heavy atom.